The van der Waals surface area contributed by atoms with E-state index in [-0.39, 0.29) is 6.61 Å². The first-order valence-electron chi connectivity index (χ1n) is 9.03. The lowest BCUT2D eigenvalue weighted by Crippen LogP contribution is -2.05. The monoisotopic (exact) mass is 438 g/mol. The Balaban J connectivity index is 1.41. The normalized spacial score (nSPS) is 10.6. The molecule has 2 aromatic carbocycles. The number of carbonyl (C=O) groups is 1. The molecule has 0 aliphatic heterocycles. The van der Waals surface area contributed by atoms with Gasteiger partial charge < -0.3 is 14.2 Å². The smallest absolute Gasteiger partial charge is 0.358 e. The van der Waals surface area contributed by atoms with E-state index in [2.05, 4.69) is 9.97 Å². The average Bonchev–Trinajstić information content (AvgIpc) is 3.48. The molecule has 0 spiro atoms. The lowest BCUT2D eigenvalue weighted by atomic mass is 10.2. The number of hydrogen-bond acceptors (Lipinski definition) is 8. The van der Waals surface area contributed by atoms with Crippen molar-refractivity contribution in [3.8, 4) is 32.6 Å². The minimum absolute atomic E-state index is 0.0841. The molecule has 8 heteroatoms. The molecule has 0 aliphatic rings. The van der Waals surface area contributed by atoms with Gasteiger partial charge in [0.25, 0.3) is 0 Å². The number of methoxy groups -OCH3 is 2. The maximum Gasteiger partial charge on any atom is 0.358 e. The van der Waals surface area contributed by atoms with E-state index in [4.69, 9.17) is 14.2 Å². The molecule has 0 bridgehead atoms. The molecule has 6 nitrogen and oxygen atoms in total. The third-order valence-electron chi connectivity index (χ3n) is 4.27. The summed E-state index contributed by atoms with van der Waals surface area (Å²) < 4.78 is 16.0. The van der Waals surface area contributed by atoms with Crippen LogP contribution in [0, 0.1) is 0 Å². The molecule has 0 saturated heterocycles. The standard InChI is InChI=1S/C22H18N2O4S2/c1-26-18-9-8-15(10-19(18)27-2)21-23-16(12-29-21)11-28-22(25)17-13-30-20(24-17)14-6-4-3-5-7-14/h3-10,12-13H,11H2,1-2H3. The van der Waals surface area contributed by atoms with Crippen LogP contribution in [0.1, 0.15) is 16.2 Å². The molecule has 30 heavy (non-hydrogen) atoms. The summed E-state index contributed by atoms with van der Waals surface area (Å²) in [5.74, 6) is 0.829. The van der Waals surface area contributed by atoms with E-state index in [1.807, 2.05) is 53.9 Å². The molecule has 0 fully saturated rings. The Morgan fingerprint density at radius 1 is 0.867 bits per heavy atom. The molecule has 2 aromatic heterocycles. The highest BCUT2D eigenvalue weighted by molar-refractivity contribution is 7.13. The van der Waals surface area contributed by atoms with E-state index in [0.717, 1.165) is 21.1 Å². The maximum atomic E-state index is 12.4. The molecule has 0 amide bonds. The molecule has 4 aromatic rings. The van der Waals surface area contributed by atoms with E-state index >= 15 is 0 Å². The summed E-state index contributed by atoms with van der Waals surface area (Å²) in [5, 5.41) is 5.17. The van der Waals surface area contributed by atoms with Crippen LogP contribution in [0.2, 0.25) is 0 Å². The lowest BCUT2D eigenvalue weighted by Gasteiger charge is -2.08. The Bertz CT molecular complexity index is 1150. The average molecular weight is 439 g/mol. The first-order valence-corrected chi connectivity index (χ1v) is 10.8. The third kappa shape index (κ3) is 4.34. The number of aromatic nitrogens is 2. The Morgan fingerprint density at radius 3 is 2.37 bits per heavy atom. The molecule has 0 saturated carbocycles. The Labute approximate surface area is 181 Å². The van der Waals surface area contributed by atoms with Gasteiger partial charge in [-0.05, 0) is 18.2 Å². The van der Waals surface area contributed by atoms with Crippen molar-refractivity contribution >= 4 is 28.6 Å². The molecule has 2 heterocycles. The molecule has 0 atom stereocenters. The Kier molecular flexibility index (Phi) is 6.06. The van der Waals surface area contributed by atoms with Gasteiger partial charge in [-0.15, -0.1) is 22.7 Å². The zero-order valence-electron chi connectivity index (χ0n) is 16.3. The number of rotatable bonds is 7. The minimum Gasteiger partial charge on any atom is -0.493 e. The van der Waals surface area contributed by atoms with Gasteiger partial charge in [-0.1, -0.05) is 30.3 Å². The molecule has 152 valence electrons. The van der Waals surface area contributed by atoms with Crippen molar-refractivity contribution in [2.24, 2.45) is 0 Å². The summed E-state index contributed by atoms with van der Waals surface area (Å²) in [6.45, 7) is 0.0841. The van der Waals surface area contributed by atoms with Gasteiger partial charge in [0.2, 0.25) is 0 Å². The fourth-order valence-corrected chi connectivity index (χ4v) is 4.37. The number of ether oxygens (including phenoxy) is 3. The van der Waals surface area contributed by atoms with Gasteiger partial charge in [0, 0.05) is 21.9 Å². The van der Waals surface area contributed by atoms with Crippen molar-refractivity contribution in [2.75, 3.05) is 14.2 Å². The first kappa shape index (κ1) is 20.1. The van der Waals surface area contributed by atoms with Crippen molar-refractivity contribution in [3.05, 3.63) is 70.7 Å². The van der Waals surface area contributed by atoms with Gasteiger partial charge >= 0.3 is 5.97 Å². The summed E-state index contributed by atoms with van der Waals surface area (Å²) in [6.07, 6.45) is 0. The second kappa shape index (κ2) is 9.06. The van der Waals surface area contributed by atoms with Crippen LogP contribution >= 0.6 is 22.7 Å². The molecule has 0 unspecified atom stereocenters. The van der Waals surface area contributed by atoms with Crippen LogP contribution < -0.4 is 9.47 Å². The van der Waals surface area contributed by atoms with Crippen LogP contribution in [0.15, 0.2) is 59.3 Å². The van der Waals surface area contributed by atoms with Crippen LogP contribution in [0.4, 0.5) is 0 Å². The zero-order valence-corrected chi connectivity index (χ0v) is 18.0. The van der Waals surface area contributed by atoms with Gasteiger partial charge in [-0.2, -0.15) is 0 Å². The van der Waals surface area contributed by atoms with Gasteiger partial charge in [-0.3, -0.25) is 0 Å². The van der Waals surface area contributed by atoms with Gasteiger partial charge in [0.1, 0.15) is 16.6 Å². The summed E-state index contributed by atoms with van der Waals surface area (Å²) in [4.78, 5) is 21.3. The number of thiazole rings is 2. The number of hydrogen-bond donors (Lipinski definition) is 0. The molecule has 0 aliphatic carbocycles. The number of carbonyl (C=O) groups excluding carboxylic acids is 1. The predicted octanol–water partition coefficient (Wildman–Crippen LogP) is 5.31. The second-order valence-electron chi connectivity index (χ2n) is 6.19. The van der Waals surface area contributed by atoms with Crippen molar-refractivity contribution in [2.45, 2.75) is 6.61 Å². The highest BCUT2D eigenvalue weighted by Crippen LogP contribution is 2.33. The van der Waals surface area contributed by atoms with Gasteiger partial charge in [0.15, 0.2) is 17.2 Å². The van der Waals surface area contributed by atoms with Gasteiger partial charge in [-0.25, -0.2) is 14.8 Å². The van der Waals surface area contributed by atoms with Crippen LogP contribution in [-0.4, -0.2) is 30.2 Å². The van der Waals surface area contributed by atoms with Crippen molar-refractivity contribution in [3.63, 3.8) is 0 Å². The fourth-order valence-electron chi connectivity index (χ4n) is 2.77. The minimum atomic E-state index is -0.464. The van der Waals surface area contributed by atoms with Crippen LogP contribution in [0.3, 0.4) is 0 Å². The second-order valence-corrected chi connectivity index (χ2v) is 7.91. The summed E-state index contributed by atoms with van der Waals surface area (Å²) >= 11 is 2.88. The van der Waals surface area contributed by atoms with Crippen LogP contribution in [0.5, 0.6) is 11.5 Å². The van der Waals surface area contributed by atoms with E-state index in [9.17, 15) is 4.79 Å². The highest BCUT2D eigenvalue weighted by Gasteiger charge is 2.15. The summed E-state index contributed by atoms with van der Waals surface area (Å²) in [5.41, 5.74) is 2.86. The molecule has 0 radical (unpaired) electrons. The van der Waals surface area contributed by atoms with E-state index in [1.54, 1.807) is 19.6 Å². The van der Waals surface area contributed by atoms with Crippen LogP contribution in [-0.2, 0) is 11.3 Å². The van der Waals surface area contributed by atoms with Gasteiger partial charge in [0.05, 0.1) is 19.9 Å². The first-order chi connectivity index (χ1) is 14.7. The topological polar surface area (TPSA) is 70.5 Å². The van der Waals surface area contributed by atoms with Crippen molar-refractivity contribution < 1.29 is 19.0 Å². The van der Waals surface area contributed by atoms with Crippen molar-refractivity contribution in [1.82, 2.24) is 9.97 Å². The third-order valence-corrected chi connectivity index (χ3v) is 6.10. The maximum absolute atomic E-state index is 12.4. The summed E-state index contributed by atoms with van der Waals surface area (Å²) in [7, 11) is 3.19. The Hall–Kier alpha value is -3.23. The Morgan fingerprint density at radius 2 is 1.60 bits per heavy atom. The zero-order chi connectivity index (χ0) is 20.9. The molecule has 0 N–H and O–H groups in total. The lowest BCUT2D eigenvalue weighted by molar-refractivity contribution is 0.0462. The predicted molar refractivity (Wildman–Crippen MR) is 117 cm³/mol. The largest absolute Gasteiger partial charge is 0.493 e. The highest BCUT2D eigenvalue weighted by atomic mass is 32.1. The van der Waals surface area contributed by atoms with E-state index in [0.29, 0.717) is 22.9 Å². The van der Waals surface area contributed by atoms with Crippen LogP contribution in [0.25, 0.3) is 21.1 Å². The SMILES string of the molecule is COc1ccc(-c2nc(COC(=O)c3csc(-c4ccccc4)n3)cs2)cc1OC. The number of nitrogens with zero attached hydrogens (tertiary/aromatic N) is 2. The molecule has 4 rings (SSSR count). The quantitative estimate of drug-likeness (QED) is 0.364. The van der Waals surface area contributed by atoms with E-state index < -0.39 is 5.97 Å². The number of benzene rings is 2. The molecular formula is C22H18N2O4S2. The summed E-state index contributed by atoms with van der Waals surface area (Å²) in [6, 6.07) is 15.3. The number of esters is 1. The molecular weight excluding hydrogens is 420 g/mol. The fraction of sp³-hybridized carbons (Fsp3) is 0.136. The van der Waals surface area contributed by atoms with Crippen molar-refractivity contribution in [1.29, 1.82) is 0 Å². The van der Waals surface area contributed by atoms with E-state index in [1.165, 1.54) is 22.7 Å².